The molecule has 0 saturated heterocycles. The van der Waals surface area contributed by atoms with Gasteiger partial charge in [-0.1, -0.05) is 17.7 Å². The van der Waals surface area contributed by atoms with E-state index < -0.39 is 17.3 Å². The van der Waals surface area contributed by atoms with E-state index in [1.54, 1.807) is 43.5 Å². The zero-order valence-electron chi connectivity index (χ0n) is 27.2. The normalized spacial score (nSPS) is 11.1. The van der Waals surface area contributed by atoms with Crippen LogP contribution in [0.4, 0.5) is 10.1 Å². The van der Waals surface area contributed by atoms with Crippen LogP contribution >= 0.6 is 22.9 Å². The van der Waals surface area contributed by atoms with Crippen LogP contribution in [0.25, 0.3) is 26.5 Å². The number of halogens is 2. The van der Waals surface area contributed by atoms with Crippen molar-refractivity contribution >= 4 is 44.7 Å². The minimum Gasteiger partial charge on any atom is -0.493 e. The summed E-state index contributed by atoms with van der Waals surface area (Å²) in [5, 5.41) is 6.45. The molecule has 2 aromatic carbocycles. The van der Waals surface area contributed by atoms with Gasteiger partial charge in [0.2, 0.25) is 0 Å². The molecule has 13 heteroatoms. The molecule has 50 heavy (non-hydrogen) atoms. The standard InChI is InChI=1S/C37H33ClFN5O5S/c1-3-47-18-16-40-21-23-5-11-28(42-22-23)33-20-29-35(50-33)32(13-15-41-29)49-30-12-8-25(19-27(30)39)43-36(45)34-31(48-4-2)14-17-44(37(34)46)26-9-6-24(38)7-10-26/h5-15,17,19-20,22,40H,3-4,16,18,21H2,1-2H3,(H,43,45). The van der Waals surface area contributed by atoms with Crippen molar-refractivity contribution in [1.82, 2.24) is 19.9 Å². The molecular weight excluding hydrogens is 681 g/mol. The van der Waals surface area contributed by atoms with E-state index in [2.05, 4.69) is 20.6 Å². The highest BCUT2D eigenvalue weighted by Crippen LogP contribution is 2.39. The lowest BCUT2D eigenvalue weighted by Crippen LogP contribution is -2.29. The molecule has 0 fully saturated rings. The molecule has 6 aromatic rings. The number of aromatic nitrogens is 3. The van der Waals surface area contributed by atoms with Crippen LogP contribution in [0.5, 0.6) is 17.2 Å². The molecule has 4 heterocycles. The van der Waals surface area contributed by atoms with Crippen LogP contribution < -0.4 is 25.7 Å². The molecule has 10 nitrogen and oxygen atoms in total. The third-order valence-corrected chi connectivity index (χ3v) is 8.92. The number of carbonyl (C=O) groups is 1. The first kappa shape index (κ1) is 34.7. The van der Waals surface area contributed by atoms with Gasteiger partial charge >= 0.3 is 0 Å². The molecule has 0 aliphatic rings. The van der Waals surface area contributed by atoms with Gasteiger partial charge in [0, 0.05) is 66.8 Å². The maximum absolute atomic E-state index is 15.4. The maximum atomic E-state index is 15.4. The molecular formula is C37H33ClFN5O5S. The predicted octanol–water partition coefficient (Wildman–Crippen LogP) is 7.87. The van der Waals surface area contributed by atoms with Crippen LogP contribution in [0.1, 0.15) is 29.8 Å². The smallest absolute Gasteiger partial charge is 0.271 e. The Balaban J connectivity index is 1.18. The fourth-order valence-corrected chi connectivity index (χ4v) is 6.27. The Bertz CT molecular complexity index is 2170. The lowest BCUT2D eigenvalue weighted by Gasteiger charge is -2.14. The molecule has 0 spiro atoms. The predicted molar refractivity (Wildman–Crippen MR) is 194 cm³/mol. The van der Waals surface area contributed by atoms with E-state index >= 15 is 4.39 Å². The SMILES string of the molecule is CCOCCNCc1ccc(-c2cc3nccc(Oc4ccc(NC(=O)c5c(OCC)ccn(-c6ccc(Cl)cc6)c5=O)cc4F)c3s2)nc1. The summed E-state index contributed by atoms with van der Waals surface area (Å²) in [6.07, 6.45) is 4.94. The van der Waals surface area contributed by atoms with Gasteiger partial charge in [-0.05, 0) is 74.0 Å². The molecule has 256 valence electrons. The van der Waals surface area contributed by atoms with Crippen molar-refractivity contribution in [2.45, 2.75) is 20.4 Å². The van der Waals surface area contributed by atoms with E-state index in [1.807, 2.05) is 31.3 Å². The highest BCUT2D eigenvalue weighted by Gasteiger charge is 2.21. The van der Waals surface area contributed by atoms with Crippen molar-refractivity contribution in [3.63, 3.8) is 0 Å². The van der Waals surface area contributed by atoms with Crippen molar-refractivity contribution in [2.24, 2.45) is 0 Å². The number of anilines is 1. The van der Waals surface area contributed by atoms with E-state index in [9.17, 15) is 9.59 Å². The van der Waals surface area contributed by atoms with Crippen LogP contribution in [0.15, 0.2) is 96.2 Å². The lowest BCUT2D eigenvalue weighted by molar-refractivity contribution is 0.102. The minimum atomic E-state index is -0.753. The number of hydrogen-bond donors (Lipinski definition) is 2. The second kappa shape index (κ2) is 16.0. The third kappa shape index (κ3) is 8.01. The number of pyridine rings is 3. The molecule has 6 rings (SSSR count). The largest absolute Gasteiger partial charge is 0.493 e. The zero-order valence-corrected chi connectivity index (χ0v) is 28.8. The van der Waals surface area contributed by atoms with Crippen molar-refractivity contribution in [1.29, 1.82) is 0 Å². The molecule has 0 aliphatic heterocycles. The number of nitrogens with one attached hydrogen (secondary N) is 2. The topological polar surface area (TPSA) is 117 Å². The van der Waals surface area contributed by atoms with Crippen molar-refractivity contribution in [2.75, 3.05) is 31.7 Å². The molecule has 4 aromatic heterocycles. The summed E-state index contributed by atoms with van der Waals surface area (Å²) in [6, 6.07) is 19.7. The number of benzene rings is 2. The van der Waals surface area contributed by atoms with E-state index in [0.29, 0.717) is 41.7 Å². The van der Waals surface area contributed by atoms with E-state index in [1.165, 1.54) is 40.3 Å². The molecule has 0 unspecified atom stereocenters. The second-order valence-corrected chi connectivity index (χ2v) is 12.4. The summed E-state index contributed by atoms with van der Waals surface area (Å²) in [7, 11) is 0. The number of ether oxygens (including phenoxy) is 3. The number of nitrogens with zero attached hydrogens (tertiary/aromatic N) is 3. The number of carbonyl (C=O) groups excluding carboxylic acids is 1. The summed E-state index contributed by atoms with van der Waals surface area (Å²) in [5.41, 5.74) is 2.33. The summed E-state index contributed by atoms with van der Waals surface area (Å²) in [5.74, 6) is -0.992. The third-order valence-electron chi connectivity index (χ3n) is 7.50. The van der Waals surface area contributed by atoms with Crippen molar-refractivity contribution in [3.05, 3.63) is 124 Å². The summed E-state index contributed by atoms with van der Waals surface area (Å²) in [4.78, 5) is 36.9. The highest BCUT2D eigenvalue weighted by atomic mass is 35.5. The fraction of sp³-hybridized carbons (Fsp3) is 0.189. The van der Waals surface area contributed by atoms with Gasteiger partial charge in [0.1, 0.15) is 17.1 Å². The summed E-state index contributed by atoms with van der Waals surface area (Å²) >= 11 is 7.44. The Morgan fingerprint density at radius 1 is 0.960 bits per heavy atom. The van der Waals surface area contributed by atoms with Crippen LogP contribution in [-0.4, -0.2) is 46.8 Å². The first-order valence-corrected chi connectivity index (χ1v) is 17.1. The van der Waals surface area contributed by atoms with Crippen LogP contribution in [0.3, 0.4) is 0 Å². The van der Waals surface area contributed by atoms with E-state index in [-0.39, 0.29) is 29.4 Å². The van der Waals surface area contributed by atoms with Gasteiger partial charge in [0.05, 0.1) is 34.0 Å². The Morgan fingerprint density at radius 2 is 1.80 bits per heavy atom. The van der Waals surface area contributed by atoms with Crippen molar-refractivity contribution in [3.8, 4) is 33.5 Å². The number of hydrogen-bond acceptors (Lipinski definition) is 9. The van der Waals surface area contributed by atoms with Gasteiger partial charge in [0.25, 0.3) is 11.5 Å². The lowest BCUT2D eigenvalue weighted by atomic mass is 10.2. The average Bonchev–Trinajstić information content (AvgIpc) is 3.56. The van der Waals surface area contributed by atoms with Gasteiger partial charge < -0.3 is 24.8 Å². The molecule has 2 N–H and O–H groups in total. The van der Waals surface area contributed by atoms with Gasteiger partial charge in [-0.2, -0.15) is 0 Å². The maximum Gasteiger partial charge on any atom is 0.271 e. The highest BCUT2D eigenvalue weighted by molar-refractivity contribution is 7.22. The average molecular weight is 714 g/mol. The van der Waals surface area contributed by atoms with Crippen LogP contribution in [-0.2, 0) is 11.3 Å². The number of fused-ring (bicyclic) bond motifs is 1. The molecule has 0 atom stereocenters. The monoisotopic (exact) mass is 713 g/mol. The Kier molecular flexibility index (Phi) is 11.1. The summed E-state index contributed by atoms with van der Waals surface area (Å²) in [6.45, 7) is 6.74. The quantitative estimate of drug-likeness (QED) is 0.110. The van der Waals surface area contributed by atoms with E-state index in [0.717, 1.165) is 33.4 Å². The Morgan fingerprint density at radius 3 is 2.54 bits per heavy atom. The van der Waals surface area contributed by atoms with Crippen molar-refractivity contribution < 1.29 is 23.4 Å². The first-order chi connectivity index (χ1) is 24.3. The van der Waals surface area contributed by atoms with Crippen LogP contribution in [0, 0.1) is 5.82 Å². The van der Waals surface area contributed by atoms with Crippen LogP contribution in [0.2, 0.25) is 5.02 Å². The zero-order chi connectivity index (χ0) is 35.0. The molecule has 0 aliphatic carbocycles. The number of amides is 1. The number of thiophene rings is 1. The van der Waals surface area contributed by atoms with Gasteiger partial charge in [0.15, 0.2) is 11.6 Å². The summed E-state index contributed by atoms with van der Waals surface area (Å²) < 4.78 is 34.4. The fourth-order valence-electron chi connectivity index (χ4n) is 5.10. The minimum absolute atomic E-state index is 0.0513. The van der Waals surface area contributed by atoms with Gasteiger partial charge in [-0.15, -0.1) is 11.3 Å². The van der Waals surface area contributed by atoms with Gasteiger partial charge in [-0.3, -0.25) is 24.1 Å². The van der Waals surface area contributed by atoms with Gasteiger partial charge in [-0.25, -0.2) is 4.39 Å². The second-order valence-electron chi connectivity index (χ2n) is 10.9. The Hall–Kier alpha value is -5.14. The first-order valence-electron chi connectivity index (χ1n) is 15.9. The molecule has 0 saturated carbocycles. The van der Waals surface area contributed by atoms with E-state index in [4.69, 9.17) is 25.8 Å². The number of rotatable bonds is 14. The molecule has 0 bridgehead atoms. The molecule has 0 radical (unpaired) electrons. The Labute approximate surface area is 296 Å². The molecule has 1 amide bonds.